The van der Waals surface area contributed by atoms with E-state index < -0.39 is 5.97 Å². The maximum Gasteiger partial charge on any atom is 0.330 e. The van der Waals surface area contributed by atoms with Crippen LogP contribution in [-0.2, 0) is 28.5 Å². The van der Waals surface area contributed by atoms with E-state index in [1.165, 1.54) is 12.2 Å². The van der Waals surface area contributed by atoms with Gasteiger partial charge in [0.15, 0.2) is 6.29 Å². The summed E-state index contributed by atoms with van der Waals surface area (Å²) in [5.41, 5.74) is -0.326. The number of ether oxygens (including phenoxy) is 4. The molecule has 1 fully saturated rings. The van der Waals surface area contributed by atoms with Gasteiger partial charge in [0, 0.05) is 28.9 Å². The highest BCUT2D eigenvalue weighted by Gasteiger charge is 2.44. The van der Waals surface area contributed by atoms with Crippen LogP contribution in [0.1, 0.15) is 53.4 Å². The summed E-state index contributed by atoms with van der Waals surface area (Å²) in [7, 11) is 0. The average molecular weight is 397 g/mol. The van der Waals surface area contributed by atoms with Gasteiger partial charge < -0.3 is 18.9 Å². The molecular weight excluding hydrogens is 360 g/mol. The number of hydrogen-bond donors (Lipinski definition) is 0. The number of unbranched alkanes of at least 4 members (excludes halogenated alkanes) is 1. The van der Waals surface area contributed by atoms with E-state index in [0.717, 1.165) is 25.7 Å². The Hall–Kier alpha value is -1.66. The minimum Gasteiger partial charge on any atom is -0.463 e. The second kappa shape index (κ2) is 11.4. The summed E-state index contributed by atoms with van der Waals surface area (Å²) in [5, 5.41) is 0. The van der Waals surface area contributed by atoms with Crippen molar-refractivity contribution in [2.24, 2.45) is 16.7 Å². The van der Waals surface area contributed by atoms with Gasteiger partial charge in [-0.15, -0.1) is 0 Å². The van der Waals surface area contributed by atoms with Crippen molar-refractivity contribution in [3.63, 3.8) is 0 Å². The molecule has 1 heterocycles. The highest BCUT2D eigenvalue weighted by molar-refractivity contribution is 5.81. The summed E-state index contributed by atoms with van der Waals surface area (Å²) >= 11 is 0. The van der Waals surface area contributed by atoms with Gasteiger partial charge in [-0.05, 0) is 25.7 Å². The molecular formula is C22H36O6. The Labute approximate surface area is 169 Å². The van der Waals surface area contributed by atoms with Crippen LogP contribution in [0.5, 0.6) is 0 Å². The minimum absolute atomic E-state index is 0.116. The maximum atomic E-state index is 11.3. The van der Waals surface area contributed by atoms with Gasteiger partial charge in [0.25, 0.3) is 0 Å². The highest BCUT2D eigenvalue weighted by Crippen LogP contribution is 2.41. The number of esters is 2. The zero-order chi connectivity index (χ0) is 21.2. The Balaban J connectivity index is 2.48. The lowest BCUT2D eigenvalue weighted by molar-refractivity contribution is -0.280. The molecule has 1 aliphatic heterocycles. The van der Waals surface area contributed by atoms with E-state index in [4.69, 9.17) is 18.9 Å². The van der Waals surface area contributed by atoms with Crippen molar-refractivity contribution >= 4 is 11.9 Å². The Morgan fingerprint density at radius 2 is 1.71 bits per heavy atom. The van der Waals surface area contributed by atoms with Crippen LogP contribution >= 0.6 is 0 Å². The number of rotatable bonds is 12. The van der Waals surface area contributed by atoms with Crippen LogP contribution in [0.2, 0.25) is 0 Å². The molecule has 0 aromatic carbocycles. The van der Waals surface area contributed by atoms with Crippen molar-refractivity contribution in [2.45, 2.75) is 59.7 Å². The van der Waals surface area contributed by atoms with Gasteiger partial charge in [0.2, 0.25) is 0 Å². The van der Waals surface area contributed by atoms with Crippen molar-refractivity contribution < 1.29 is 28.5 Å². The number of carbonyl (C=O) groups excluding carboxylic acids is 2. The summed E-state index contributed by atoms with van der Waals surface area (Å²) in [6.07, 6.45) is 5.54. The largest absolute Gasteiger partial charge is 0.463 e. The first kappa shape index (κ1) is 24.4. The van der Waals surface area contributed by atoms with Crippen LogP contribution in [0.25, 0.3) is 0 Å². The fourth-order valence-electron chi connectivity index (χ4n) is 3.34. The molecule has 0 aromatic heterocycles. The van der Waals surface area contributed by atoms with Gasteiger partial charge in [-0.1, -0.05) is 40.9 Å². The molecule has 6 nitrogen and oxygen atoms in total. The maximum absolute atomic E-state index is 11.3. The average Bonchev–Trinajstić information content (AvgIpc) is 2.70. The second-order valence-corrected chi connectivity index (χ2v) is 8.22. The molecule has 0 aliphatic carbocycles. The van der Waals surface area contributed by atoms with Crippen LogP contribution in [0.3, 0.4) is 0 Å². The molecule has 0 N–H and O–H groups in total. The second-order valence-electron chi connectivity index (χ2n) is 8.22. The smallest absolute Gasteiger partial charge is 0.330 e. The van der Waals surface area contributed by atoms with Crippen molar-refractivity contribution in [3.05, 3.63) is 25.3 Å². The SMILES string of the molecule is C=CC(=O)OCCCCC(C)(C)C1OCC(CC)(C(C)COC(=O)C=C)CO1. The molecule has 0 bridgehead atoms. The van der Waals surface area contributed by atoms with Crippen molar-refractivity contribution in [1.82, 2.24) is 0 Å². The van der Waals surface area contributed by atoms with Gasteiger partial charge in [-0.25, -0.2) is 9.59 Å². The lowest BCUT2D eigenvalue weighted by Crippen LogP contribution is -2.50. The molecule has 160 valence electrons. The van der Waals surface area contributed by atoms with Crippen LogP contribution < -0.4 is 0 Å². The van der Waals surface area contributed by atoms with E-state index in [2.05, 4.69) is 40.9 Å². The van der Waals surface area contributed by atoms with Crippen molar-refractivity contribution in [2.75, 3.05) is 26.4 Å². The summed E-state index contributed by atoms with van der Waals surface area (Å²) < 4.78 is 22.5. The molecule has 1 aliphatic rings. The molecule has 1 saturated heterocycles. The van der Waals surface area contributed by atoms with Crippen LogP contribution in [0.15, 0.2) is 25.3 Å². The molecule has 28 heavy (non-hydrogen) atoms. The number of carbonyl (C=O) groups is 2. The van der Waals surface area contributed by atoms with Crippen LogP contribution in [0.4, 0.5) is 0 Å². The Bertz CT molecular complexity index is 531. The quantitative estimate of drug-likeness (QED) is 0.282. The fraction of sp³-hybridized carbons (Fsp3) is 0.727. The van der Waals surface area contributed by atoms with E-state index in [-0.39, 0.29) is 29.0 Å². The monoisotopic (exact) mass is 396 g/mol. The molecule has 0 saturated carbocycles. The molecule has 1 unspecified atom stereocenters. The first-order valence-electron chi connectivity index (χ1n) is 10.0. The molecule has 0 amide bonds. The molecule has 1 atom stereocenters. The fourth-order valence-corrected chi connectivity index (χ4v) is 3.34. The zero-order valence-corrected chi connectivity index (χ0v) is 17.8. The third kappa shape index (κ3) is 7.06. The van der Waals surface area contributed by atoms with Crippen LogP contribution in [0, 0.1) is 16.7 Å². The summed E-state index contributed by atoms with van der Waals surface area (Å²) in [6, 6.07) is 0. The van der Waals surface area contributed by atoms with Crippen molar-refractivity contribution in [3.8, 4) is 0 Å². The van der Waals surface area contributed by atoms with Gasteiger partial charge in [0.1, 0.15) is 0 Å². The van der Waals surface area contributed by atoms with E-state index >= 15 is 0 Å². The topological polar surface area (TPSA) is 71.1 Å². The predicted molar refractivity (Wildman–Crippen MR) is 108 cm³/mol. The van der Waals surface area contributed by atoms with E-state index in [1.54, 1.807) is 0 Å². The summed E-state index contributed by atoms with van der Waals surface area (Å²) in [5.74, 6) is -0.680. The molecule has 0 spiro atoms. The third-order valence-corrected chi connectivity index (χ3v) is 5.70. The van der Waals surface area contributed by atoms with E-state index in [1.807, 2.05) is 0 Å². The Morgan fingerprint density at radius 1 is 1.14 bits per heavy atom. The first-order chi connectivity index (χ1) is 13.2. The van der Waals surface area contributed by atoms with Gasteiger partial charge in [-0.2, -0.15) is 0 Å². The summed E-state index contributed by atoms with van der Waals surface area (Å²) in [4.78, 5) is 22.4. The zero-order valence-electron chi connectivity index (χ0n) is 17.8. The predicted octanol–water partition coefficient (Wildman–Crippen LogP) is 4.05. The van der Waals surface area contributed by atoms with E-state index in [9.17, 15) is 9.59 Å². The molecule has 0 aromatic rings. The Kier molecular flexibility index (Phi) is 9.90. The molecule has 6 heteroatoms. The van der Waals surface area contributed by atoms with Gasteiger partial charge in [-0.3, -0.25) is 0 Å². The summed E-state index contributed by atoms with van der Waals surface area (Å²) in [6.45, 7) is 17.1. The van der Waals surface area contributed by atoms with Crippen LogP contribution in [-0.4, -0.2) is 44.7 Å². The van der Waals surface area contributed by atoms with E-state index in [0.29, 0.717) is 26.4 Å². The highest BCUT2D eigenvalue weighted by atomic mass is 16.7. The lowest BCUT2D eigenvalue weighted by Gasteiger charge is -2.47. The molecule has 1 rings (SSSR count). The number of hydrogen-bond acceptors (Lipinski definition) is 6. The lowest BCUT2D eigenvalue weighted by atomic mass is 9.74. The first-order valence-corrected chi connectivity index (χ1v) is 10.0. The van der Waals surface area contributed by atoms with Gasteiger partial charge >= 0.3 is 11.9 Å². The standard InChI is InChI=1S/C22H36O6/c1-7-18(23)25-13-11-10-12-21(5,6)20-27-15-22(9-3,16-28-20)17(4)14-26-19(24)8-2/h7-8,17,20H,1-2,9-16H2,3-6H3. The third-order valence-electron chi connectivity index (χ3n) is 5.70. The normalized spacial score (nSPS) is 23.5. The minimum atomic E-state index is -0.409. The molecule has 0 radical (unpaired) electrons. The van der Waals surface area contributed by atoms with Gasteiger partial charge in [0.05, 0.1) is 26.4 Å². The van der Waals surface area contributed by atoms with Crippen molar-refractivity contribution in [1.29, 1.82) is 0 Å². The Morgan fingerprint density at radius 3 is 2.25 bits per heavy atom.